The second kappa shape index (κ2) is 21.7. The van der Waals surface area contributed by atoms with Gasteiger partial charge in [-0.05, 0) is 71.6 Å². The van der Waals surface area contributed by atoms with Crippen LogP contribution in [0.15, 0.2) is 84.9 Å². The number of rotatable bonds is 24. The standard InChI is InChI=1S/C56H74N4O2/c1-5-9-13-21-35-59(36-22-14-10-6-2)53-41-29-19-17-27-39(41)49(47-43(53)31-25-33-45(47)57)51-55(61)52(56(51)62)50-40-28-18-20-30-42(40)54(44-32-26-34-46(58)48(44)50)60(37-23-15-11-7-3)38-24-16-12-8-4/h17-20,25-34,51-52,55-56H,5-16,21-24,35-38,57-58H2,1-4H3/q-2. The summed E-state index contributed by atoms with van der Waals surface area (Å²) < 4.78 is 0. The van der Waals surface area contributed by atoms with Crippen LogP contribution in [0, 0.1) is 0 Å². The summed E-state index contributed by atoms with van der Waals surface area (Å²) in [4.78, 5) is 5.18. The first-order valence-electron chi connectivity index (χ1n) is 24.6. The predicted octanol–water partition coefficient (Wildman–Crippen LogP) is 12.7. The van der Waals surface area contributed by atoms with Crippen LogP contribution >= 0.6 is 0 Å². The number of benzene rings is 6. The summed E-state index contributed by atoms with van der Waals surface area (Å²) in [7, 11) is 0. The van der Waals surface area contributed by atoms with E-state index in [1.54, 1.807) is 0 Å². The van der Waals surface area contributed by atoms with Crippen molar-refractivity contribution in [2.45, 2.75) is 154 Å². The van der Waals surface area contributed by atoms with Crippen LogP contribution in [-0.4, -0.2) is 38.4 Å². The van der Waals surface area contributed by atoms with Gasteiger partial charge in [0, 0.05) is 69.9 Å². The van der Waals surface area contributed by atoms with Crippen molar-refractivity contribution in [3.63, 3.8) is 0 Å². The molecule has 4 N–H and O–H groups in total. The summed E-state index contributed by atoms with van der Waals surface area (Å²) in [6.45, 7) is 12.9. The lowest BCUT2D eigenvalue weighted by Crippen LogP contribution is -2.63. The number of nitrogens with zero attached hydrogens (tertiary/aromatic N) is 2. The highest BCUT2D eigenvalue weighted by molar-refractivity contribution is 6.19. The first-order valence-corrected chi connectivity index (χ1v) is 24.6. The number of anilines is 4. The van der Waals surface area contributed by atoms with Crippen molar-refractivity contribution in [2.75, 3.05) is 47.4 Å². The lowest BCUT2D eigenvalue weighted by molar-refractivity contribution is -0.535. The second-order valence-corrected chi connectivity index (χ2v) is 18.4. The molecule has 62 heavy (non-hydrogen) atoms. The third-order valence-corrected chi connectivity index (χ3v) is 14.0. The molecule has 0 spiro atoms. The highest BCUT2D eigenvalue weighted by Crippen LogP contribution is 2.56. The van der Waals surface area contributed by atoms with Gasteiger partial charge in [0.2, 0.25) is 0 Å². The molecule has 6 aromatic rings. The van der Waals surface area contributed by atoms with Gasteiger partial charge in [-0.25, -0.2) is 0 Å². The number of nitrogens with two attached hydrogens (primary N) is 2. The van der Waals surface area contributed by atoms with Crippen molar-refractivity contribution in [1.29, 1.82) is 0 Å². The van der Waals surface area contributed by atoms with E-state index in [1.165, 1.54) is 88.4 Å². The van der Waals surface area contributed by atoms with E-state index in [2.05, 4.69) is 98.2 Å². The Morgan fingerprint density at radius 1 is 0.387 bits per heavy atom. The molecule has 1 aliphatic carbocycles. The molecule has 0 radical (unpaired) electrons. The van der Waals surface area contributed by atoms with Gasteiger partial charge < -0.3 is 31.5 Å². The molecule has 332 valence electrons. The Balaban J connectivity index is 1.36. The van der Waals surface area contributed by atoms with E-state index in [0.717, 1.165) is 106 Å². The number of hydrogen-bond donors (Lipinski definition) is 2. The molecule has 6 heteroatoms. The zero-order valence-electron chi connectivity index (χ0n) is 38.4. The average molecular weight is 835 g/mol. The molecule has 0 aliphatic heterocycles. The van der Waals surface area contributed by atoms with E-state index in [1.807, 2.05) is 24.3 Å². The molecule has 0 atom stereocenters. The molecule has 0 amide bonds. The van der Waals surface area contributed by atoms with Gasteiger partial charge >= 0.3 is 0 Å². The van der Waals surface area contributed by atoms with Crippen molar-refractivity contribution in [2.24, 2.45) is 0 Å². The maximum absolute atomic E-state index is 15.4. The monoisotopic (exact) mass is 835 g/mol. The molecule has 7 rings (SSSR count). The lowest BCUT2D eigenvalue weighted by atomic mass is 9.60. The highest BCUT2D eigenvalue weighted by Gasteiger charge is 2.42. The van der Waals surface area contributed by atoms with Gasteiger partial charge in [-0.3, -0.25) is 0 Å². The van der Waals surface area contributed by atoms with Gasteiger partial charge in [-0.1, -0.05) is 178 Å². The molecule has 0 saturated heterocycles. The molecule has 0 bridgehead atoms. The third-order valence-electron chi connectivity index (χ3n) is 14.0. The molecule has 1 fully saturated rings. The largest absolute Gasteiger partial charge is 0.851 e. The van der Waals surface area contributed by atoms with Gasteiger partial charge in [0.15, 0.2) is 0 Å². The minimum Gasteiger partial charge on any atom is -0.851 e. The van der Waals surface area contributed by atoms with Crippen LogP contribution in [0.1, 0.15) is 153 Å². The predicted molar refractivity (Wildman–Crippen MR) is 266 cm³/mol. The summed E-state index contributed by atoms with van der Waals surface area (Å²) in [6.07, 6.45) is 16.6. The number of fused-ring (bicyclic) bond motifs is 4. The Labute approximate surface area is 372 Å². The Kier molecular flexibility index (Phi) is 15.9. The van der Waals surface area contributed by atoms with E-state index in [9.17, 15) is 0 Å². The Bertz CT molecular complexity index is 2190. The van der Waals surface area contributed by atoms with E-state index in [-0.39, 0.29) is 0 Å². The summed E-state index contributed by atoms with van der Waals surface area (Å²) in [5.74, 6) is -1.53. The summed E-state index contributed by atoms with van der Waals surface area (Å²) in [6, 6.07) is 29.3. The van der Waals surface area contributed by atoms with E-state index < -0.39 is 24.0 Å². The maximum Gasteiger partial charge on any atom is 0.0526 e. The fourth-order valence-corrected chi connectivity index (χ4v) is 10.8. The summed E-state index contributed by atoms with van der Waals surface area (Å²) in [5, 5.41) is 38.8. The SMILES string of the molecule is CCCCCCN(CCCCCC)c1c2ccccc2c(C2C([O-])C(c3c4ccccc4c(N(CCCCCC)CCCCCC)c4cccc(N)c34)C2[O-])c2c(N)cccc12. The zero-order valence-corrected chi connectivity index (χ0v) is 38.4. The number of nitrogen functional groups attached to an aromatic ring is 2. The molecule has 1 saturated carbocycles. The second-order valence-electron chi connectivity index (χ2n) is 18.4. The van der Waals surface area contributed by atoms with Crippen LogP contribution in [-0.2, 0) is 0 Å². The summed E-state index contributed by atoms with van der Waals surface area (Å²) in [5.41, 5.74) is 19.3. The van der Waals surface area contributed by atoms with Gasteiger partial charge in [0.25, 0.3) is 0 Å². The van der Waals surface area contributed by atoms with Crippen LogP contribution < -0.4 is 31.5 Å². The zero-order chi connectivity index (χ0) is 43.6. The Morgan fingerprint density at radius 3 is 1.02 bits per heavy atom. The maximum atomic E-state index is 15.4. The normalized spacial score (nSPS) is 17.6. The van der Waals surface area contributed by atoms with Gasteiger partial charge in [0.1, 0.15) is 0 Å². The van der Waals surface area contributed by atoms with Crippen molar-refractivity contribution < 1.29 is 10.2 Å². The number of unbranched alkanes of at least 4 members (excludes halogenated alkanes) is 12. The third kappa shape index (κ3) is 9.24. The average Bonchev–Trinajstić information content (AvgIpc) is 3.28. The quantitative estimate of drug-likeness (QED) is 0.0357. The smallest absolute Gasteiger partial charge is 0.0526 e. The highest BCUT2D eigenvalue weighted by atomic mass is 16.3. The van der Waals surface area contributed by atoms with Gasteiger partial charge in [0.05, 0.1) is 11.4 Å². The summed E-state index contributed by atoms with van der Waals surface area (Å²) >= 11 is 0. The van der Waals surface area contributed by atoms with Gasteiger partial charge in [-0.15, -0.1) is 12.2 Å². The topological polar surface area (TPSA) is 105 Å². The fourth-order valence-electron chi connectivity index (χ4n) is 10.8. The van der Waals surface area contributed by atoms with E-state index >= 15 is 10.2 Å². The molecule has 6 nitrogen and oxygen atoms in total. The van der Waals surface area contributed by atoms with E-state index in [0.29, 0.717) is 11.4 Å². The molecule has 0 aromatic heterocycles. The van der Waals surface area contributed by atoms with Crippen LogP contribution in [0.25, 0.3) is 43.1 Å². The molecule has 1 aliphatic rings. The van der Waals surface area contributed by atoms with Crippen LogP contribution in [0.4, 0.5) is 22.7 Å². The number of hydrogen-bond acceptors (Lipinski definition) is 6. The molecule has 0 unspecified atom stereocenters. The molecular formula is C56H74N4O2-2. The Hall–Kier alpha value is -4.52. The first kappa shape index (κ1) is 45.5. The van der Waals surface area contributed by atoms with Crippen molar-refractivity contribution in [3.8, 4) is 0 Å². The van der Waals surface area contributed by atoms with Crippen LogP contribution in [0.2, 0.25) is 0 Å². The van der Waals surface area contributed by atoms with Crippen molar-refractivity contribution in [3.05, 3.63) is 96.1 Å². The Morgan fingerprint density at radius 2 is 0.694 bits per heavy atom. The molecular weight excluding hydrogens is 761 g/mol. The van der Waals surface area contributed by atoms with Crippen molar-refractivity contribution >= 4 is 65.8 Å². The van der Waals surface area contributed by atoms with Crippen molar-refractivity contribution in [1.82, 2.24) is 0 Å². The fraction of sp³-hybridized carbons (Fsp3) is 0.500. The van der Waals surface area contributed by atoms with E-state index in [4.69, 9.17) is 11.5 Å². The molecule has 0 heterocycles. The first-order chi connectivity index (χ1) is 30.4. The molecule has 6 aromatic carbocycles. The lowest BCUT2D eigenvalue weighted by Gasteiger charge is -2.62. The minimum atomic E-state index is -1.18. The minimum absolute atomic E-state index is 0.631. The van der Waals surface area contributed by atoms with Gasteiger partial charge in [-0.2, -0.15) is 0 Å². The van der Waals surface area contributed by atoms with Crippen LogP contribution in [0.5, 0.6) is 0 Å². The van der Waals surface area contributed by atoms with Crippen LogP contribution in [0.3, 0.4) is 0 Å².